The summed E-state index contributed by atoms with van der Waals surface area (Å²) in [5.41, 5.74) is 1.66. The first-order chi connectivity index (χ1) is 8.00. The van der Waals surface area contributed by atoms with Gasteiger partial charge in [-0.05, 0) is 25.1 Å². The number of anilines is 1. The lowest BCUT2D eigenvalue weighted by Gasteiger charge is -2.12. The quantitative estimate of drug-likeness (QED) is 0.800. The highest BCUT2D eigenvalue weighted by Gasteiger charge is 2.09. The number of nitrogens with zero attached hydrogens (tertiary/aromatic N) is 1. The Labute approximate surface area is 98.9 Å². The standard InChI is InChI=1S/C13H14N2O2/c1-8(16)11-7-14-12-5-4-9(15(2)3)6-10(12)13(11)17/h4-7H,1-3H3,(H,14,17). The lowest BCUT2D eigenvalue weighted by Crippen LogP contribution is -2.15. The van der Waals surface area contributed by atoms with Gasteiger partial charge >= 0.3 is 0 Å². The third-order valence-corrected chi connectivity index (χ3v) is 2.76. The Morgan fingerprint density at radius 1 is 1.29 bits per heavy atom. The van der Waals surface area contributed by atoms with Crippen molar-refractivity contribution in [1.29, 1.82) is 0 Å². The van der Waals surface area contributed by atoms with Gasteiger partial charge in [-0.2, -0.15) is 0 Å². The molecular formula is C13H14N2O2. The first kappa shape index (κ1) is 11.4. The lowest BCUT2D eigenvalue weighted by molar-refractivity contribution is 0.101. The molecule has 1 N–H and O–H groups in total. The summed E-state index contributed by atoms with van der Waals surface area (Å²) in [5, 5.41) is 0.545. The molecule has 0 bridgehead atoms. The molecule has 4 heteroatoms. The van der Waals surface area contributed by atoms with Crippen LogP contribution in [0.4, 0.5) is 5.69 Å². The molecule has 1 heterocycles. The summed E-state index contributed by atoms with van der Waals surface area (Å²) in [6.07, 6.45) is 1.47. The van der Waals surface area contributed by atoms with E-state index in [2.05, 4.69) is 4.98 Å². The van der Waals surface area contributed by atoms with Gasteiger partial charge in [-0.1, -0.05) is 0 Å². The molecule has 2 rings (SSSR count). The molecule has 0 amide bonds. The number of carbonyl (C=O) groups excluding carboxylic acids is 1. The molecule has 17 heavy (non-hydrogen) atoms. The van der Waals surface area contributed by atoms with Crippen LogP contribution < -0.4 is 10.3 Å². The molecule has 0 aliphatic carbocycles. The maximum Gasteiger partial charge on any atom is 0.200 e. The maximum atomic E-state index is 12.1. The highest BCUT2D eigenvalue weighted by Crippen LogP contribution is 2.17. The van der Waals surface area contributed by atoms with Crippen LogP contribution in [0.5, 0.6) is 0 Å². The molecule has 0 saturated heterocycles. The fraction of sp³-hybridized carbons (Fsp3) is 0.231. The van der Waals surface area contributed by atoms with Crippen LogP contribution in [-0.2, 0) is 0 Å². The Hall–Kier alpha value is -2.10. The summed E-state index contributed by atoms with van der Waals surface area (Å²) >= 11 is 0. The maximum absolute atomic E-state index is 12.1. The highest BCUT2D eigenvalue weighted by molar-refractivity contribution is 5.97. The Balaban J connectivity index is 2.78. The second-order valence-electron chi connectivity index (χ2n) is 4.21. The van der Waals surface area contributed by atoms with Gasteiger partial charge in [-0.15, -0.1) is 0 Å². The van der Waals surface area contributed by atoms with E-state index in [9.17, 15) is 9.59 Å². The van der Waals surface area contributed by atoms with Gasteiger partial charge in [-0.25, -0.2) is 0 Å². The Morgan fingerprint density at radius 3 is 2.59 bits per heavy atom. The van der Waals surface area contributed by atoms with Crippen molar-refractivity contribution in [3.05, 3.63) is 40.2 Å². The van der Waals surface area contributed by atoms with E-state index in [0.717, 1.165) is 11.2 Å². The molecule has 0 radical (unpaired) electrons. The molecule has 0 atom stereocenters. The number of carbonyl (C=O) groups is 1. The van der Waals surface area contributed by atoms with Crippen molar-refractivity contribution in [2.24, 2.45) is 0 Å². The zero-order valence-electron chi connectivity index (χ0n) is 10.1. The summed E-state index contributed by atoms with van der Waals surface area (Å²) < 4.78 is 0. The lowest BCUT2D eigenvalue weighted by atomic mass is 10.1. The topological polar surface area (TPSA) is 53.2 Å². The van der Waals surface area contributed by atoms with Gasteiger partial charge in [0.2, 0.25) is 0 Å². The predicted octanol–water partition coefficient (Wildman–Crippen LogP) is 1.80. The number of aromatic amines is 1. The molecule has 88 valence electrons. The average molecular weight is 230 g/mol. The largest absolute Gasteiger partial charge is 0.378 e. The number of H-pyrrole nitrogens is 1. The van der Waals surface area contributed by atoms with Crippen molar-refractivity contribution < 1.29 is 4.79 Å². The van der Waals surface area contributed by atoms with Gasteiger partial charge in [0.05, 0.1) is 5.56 Å². The van der Waals surface area contributed by atoms with E-state index in [1.54, 1.807) is 6.07 Å². The van der Waals surface area contributed by atoms with E-state index in [1.807, 2.05) is 31.1 Å². The normalized spacial score (nSPS) is 10.5. The minimum absolute atomic E-state index is 0.202. The first-order valence-corrected chi connectivity index (χ1v) is 5.34. The summed E-state index contributed by atoms with van der Waals surface area (Å²) in [5.74, 6) is -0.219. The molecule has 1 aromatic carbocycles. The first-order valence-electron chi connectivity index (χ1n) is 5.34. The van der Waals surface area contributed by atoms with Crippen molar-refractivity contribution in [1.82, 2.24) is 4.98 Å². The van der Waals surface area contributed by atoms with Gasteiger partial charge in [-0.3, -0.25) is 9.59 Å². The molecule has 0 saturated carbocycles. The SMILES string of the molecule is CC(=O)c1c[nH]c2ccc(N(C)C)cc2c1=O. The molecule has 0 aliphatic heterocycles. The number of fused-ring (bicyclic) bond motifs is 1. The number of Topliss-reactive ketones (excluding diaryl/α,β-unsaturated/α-hetero) is 1. The van der Waals surface area contributed by atoms with Crippen molar-refractivity contribution in [2.45, 2.75) is 6.92 Å². The van der Waals surface area contributed by atoms with Crippen LogP contribution in [0.3, 0.4) is 0 Å². The van der Waals surface area contributed by atoms with Crippen molar-refractivity contribution in [3.8, 4) is 0 Å². The average Bonchev–Trinajstić information content (AvgIpc) is 2.28. The van der Waals surface area contributed by atoms with Gasteiger partial charge < -0.3 is 9.88 Å². The van der Waals surface area contributed by atoms with E-state index < -0.39 is 0 Å². The highest BCUT2D eigenvalue weighted by atomic mass is 16.1. The molecule has 4 nitrogen and oxygen atoms in total. The Morgan fingerprint density at radius 2 is 2.00 bits per heavy atom. The van der Waals surface area contributed by atoms with Crippen LogP contribution in [0.25, 0.3) is 10.9 Å². The van der Waals surface area contributed by atoms with Gasteiger partial charge in [0.15, 0.2) is 11.2 Å². The zero-order chi connectivity index (χ0) is 12.6. The Bertz CT molecular complexity index is 641. The number of ketones is 1. The van der Waals surface area contributed by atoms with Crippen molar-refractivity contribution in [2.75, 3.05) is 19.0 Å². The third kappa shape index (κ3) is 1.93. The summed E-state index contributed by atoms with van der Waals surface area (Å²) in [7, 11) is 3.81. The number of benzene rings is 1. The summed E-state index contributed by atoms with van der Waals surface area (Å²) in [6.45, 7) is 1.40. The predicted molar refractivity (Wildman–Crippen MR) is 68.9 cm³/mol. The fourth-order valence-corrected chi connectivity index (χ4v) is 1.75. The number of hydrogen-bond acceptors (Lipinski definition) is 3. The van der Waals surface area contributed by atoms with Gasteiger partial charge in [0, 0.05) is 36.9 Å². The number of pyridine rings is 1. The summed E-state index contributed by atoms with van der Waals surface area (Å²) in [6, 6.07) is 5.56. The van der Waals surface area contributed by atoms with Crippen molar-refractivity contribution in [3.63, 3.8) is 0 Å². The van der Waals surface area contributed by atoms with E-state index in [0.29, 0.717) is 5.39 Å². The number of hydrogen-bond donors (Lipinski definition) is 1. The third-order valence-electron chi connectivity index (χ3n) is 2.76. The number of aromatic nitrogens is 1. The van der Waals surface area contributed by atoms with E-state index in [-0.39, 0.29) is 16.8 Å². The van der Waals surface area contributed by atoms with Gasteiger partial charge in [0.1, 0.15) is 0 Å². The van der Waals surface area contributed by atoms with Crippen LogP contribution in [-0.4, -0.2) is 24.9 Å². The molecule has 2 aromatic rings. The number of rotatable bonds is 2. The zero-order valence-corrected chi connectivity index (χ0v) is 10.1. The molecule has 0 aliphatic rings. The molecule has 0 spiro atoms. The molecule has 1 aromatic heterocycles. The Kier molecular flexibility index (Phi) is 2.71. The monoisotopic (exact) mass is 230 g/mol. The second-order valence-corrected chi connectivity index (χ2v) is 4.21. The number of nitrogens with one attached hydrogen (secondary N) is 1. The molecule has 0 fully saturated rings. The van der Waals surface area contributed by atoms with E-state index >= 15 is 0 Å². The minimum atomic E-state index is -0.219. The summed E-state index contributed by atoms with van der Waals surface area (Å²) in [4.78, 5) is 28.3. The van der Waals surface area contributed by atoms with Crippen LogP contribution in [0.15, 0.2) is 29.2 Å². The minimum Gasteiger partial charge on any atom is -0.378 e. The molecular weight excluding hydrogens is 216 g/mol. The van der Waals surface area contributed by atoms with Crippen LogP contribution >= 0.6 is 0 Å². The second kappa shape index (κ2) is 4.05. The smallest absolute Gasteiger partial charge is 0.200 e. The van der Waals surface area contributed by atoms with Crippen molar-refractivity contribution >= 4 is 22.4 Å². The fourth-order valence-electron chi connectivity index (χ4n) is 1.75. The van der Waals surface area contributed by atoms with Gasteiger partial charge in [0.25, 0.3) is 0 Å². The van der Waals surface area contributed by atoms with Crippen LogP contribution in [0.2, 0.25) is 0 Å². The van der Waals surface area contributed by atoms with Crippen LogP contribution in [0.1, 0.15) is 17.3 Å². The molecule has 0 unspecified atom stereocenters. The van der Waals surface area contributed by atoms with E-state index in [4.69, 9.17) is 0 Å². The van der Waals surface area contributed by atoms with Crippen LogP contribution in [0, 0.1) is 0 Å². The van der Waals surface area contributed by atoms with E-state index in [1.165, 1.54) is 13.1 Å².